The molecule has 37 heavy (non-hydrogen) atoms. The van der Waals surface area contributed by atoms with E-state index < -0.39 is 17.6 Å². The van der Waals surface area contributed by atoms with Crippen molar-refractivity contribution in [1.29, 1.82) is 0 Å². The third-order valence-electron chi connectivity index (χ3n) is 5.35. The Labute approximate surface area is 214 Å². The fraction of sp³-hybridized carbons (Fsp3) is 0.240. The Morgan fingerprint density at radius 1 is 1.27 bits per heavy atom. The average Bonchev–Trinajstić information content (AvgIpc) is 3.62. The van der Waals surface area contributed by atoms with Crippen LogP contribution in [0, 0.1) is 17.8 Å². The highest BCUT2D eigenvalue weighted by molar-refractivity contribution is 7.15. The van der Waals surface area contributed by atoms with Crippen LogP contribution in [-0.2, 0) is 6.18 Å². The Bertz CT molecular complexity index is 1450. The van der Waals surface area contributed by atoms with Gasteiger partial charge in [-0.1, -0.05) is 17.3 Å². The van der Waals surface area contributed by atoms with Gasteiger partial charge in [0.1, 0.15) is 12.8 Å². The molecule has 0 bridgehead atoms. The highest BCUT2D eigenvalue weighted by Gasteiger charge is 2.32. The number of halogens is 3. The number of anilines is 1. The summed E-state index contributed by atoms with van der Waals surface area (Å²) < 4.78 is 46.0. The lowest BCUT2D eigenvalue weighted by Gasteiger charge is -2.16. The second kappa shape index (κ2) is 10.8. The first kappa shape index (κ1) is 25.8. The minimum atomic E-state index is -4.61. The predicted molar refractivity (Wildman–Crippen MR) is 134 cm³/mol. The lowest BCUT2D eigenvalue weighted by Crippen LogP contribution is -2.63. The fourth-order valence-corrected chi connectivity index (χ4v) is 3.96. The van der Waals surface area contributed by atoms with Crippen LogP contribution in [0.15, 0.2) is 36.7 Å². The maximum absolute atomic E-state index is 13.6. The molecule has 190 valence electrons. The largest absolute Gasteiger partial charge is 0.496 e. The van der Waals surface area contributed by atoms with Crippen LogP contribution in [0.4, 0.5) is 18.3 Å². The van der Waals surface area contributed by atoms with Gasteiger partial charge < -0.3 is 10.5 Å². The lowest BCUT2D eigenvalue weighted by molar-refractivity contribution is -0.412. The maximum Gasteiger partial charge on any atom is 0.416 e. The molecule has 1 aromatic carbocycles. The molecule has 1 saturated carbocycles. The number of pyridine rings is 1. The summed E-state index contributed by atoms with van der Waals surface area (Å²) in [6.45, 7) is 0. The maximum atomic E-state index is 13.6. The number of hydrogen-bond donors (Lipinski definition) is 3. The number of benzene rings is 1. The number of carbonyl (C=O) groups is 1. The summed E-state index contributed by atoms with van der Waals surface area (Å²) in [5.74, 6) is 5.89. The Hall–Kier alpha value is -4.24. The van der Waals surface area contributed by atoms with Crippen molar-refractivity contribution in [2.24, 2.45) is 11.7 Å². The molecule has 12 heteroatoms. The van der Waals surface area contributed by atoms with Crippen molar-refractivity contribution in [2.75, 3.05) is 19.5 Å². The first-order chi connectivity index (χ1) is 17.7. The minimum absolute atomic E-state index is 0.00279. The first-order valence-corrected chi connectivity index (χ1v) is 11.9. The summed E-state index contributed by atoms with van der Waals surface area (Å²) in [5.41, 5.74) is 5.83. The smallest absolute Gasteiger partial charge is 0.416 e. The third-order valence-corrected chi connectivity index (χ3v) is 6.10. The molecule has 1 amide bonds. The van der Waals surface area contributed by atoms with Crippen molar-refractivity contribution in [3.8, 4) is 28.7 Å². The third kappa shape index (κ3) is 6.13. The Balaban J connectivity index is 1.79. The van der Waals surface area contributed by atoms with Crippen LogP contribution < -0.4 is 20.8 Å². The number of alkyl halides is 3. The monoisotopic (exact) mass is 527 g/mol. The molecule has 8 nitrogen and oxygen atoms in total. The van der Waals surface area contributed by atoms with Crippen molar-refractivity contribution >= 4 is 34.2 Å². The number of aromatic nitrogens is 3. The quantitative estimate of drug-likeness (QED) is 0.335. The number of rotatable bonds is 6. The van der Waals surface area contributed by atoms with Gasteiger partial charge in [-0.15, -0.1) is 10.2 Å². The predicted octanol–water partition coefficient (Wildman–Crippen LogP) is 2.72. The molecule has 4 rings (SSSR count). The van der Waals surface area contributed by atoms with E-state index in [-0.39, 0.29) is 27.6 Å². The number of ether oxygens (including phenoxy) is 1. The van der Waals surface area contributed by atoms with Crippen molar-refractivity contribution < 1.29 is 27.7 Å². The highest BCUT2D eigenvalue weighted by atomic mass is 32.1. The minimum Gasteiger partial charge on any atom is -0.496 e. The number of amides is 1. The average molecular weight is 528 g/mol. The van der Waals surface area contributed by atoms with Gasteiger partial charge in [0.15, 0.2) is 11.2 Å². The molecule has 2 heterocycles. The van der Waals surface area contributed by atoms with E-state index in [0.29, 0.717) is 22.2 Å². The molecule has 0 aliphatic heterocycles. The Kier molecular flexibility index (Phi) is 7.54. The molecular formula is C25H22F3N6O2S+. The molecule has 0 unspecified atom stereocenters. The van der Waals surface area contributed by atoms with E-state index in [1.165, 1.54) is 31.6 Å². The van der Waals surface area contributed by atoms with Crippen molar-refractivity contribution in [3.05, 3.63) is 58.5 Å². The highest BCUT2D eigenvalue weighted by Crippen LogP contribution is 2.39. The zero-order valence-corrected chi connectivity index (χ0v) is 20.6. The Morgan fingerprint density at radius 3 is 2.70 bits per heavy atom. The Morgan fingerprint density at radius 2 is 2.05 bits per heavy atom. The topological polar surface area (TPSA) is 117 Å². The summed E-state index contributed by atoms with van der Waals surface area (Å²) >= 11 is 1.10. The van der Waals surface area contributed by atoms with Crippen LogP contribution >= 0.6 is 11.3 Å². The normalized spacial score (nSPS) is 13.8. The van der Waals surface area contributed by atoms with Gasteiger partial charge >= 0.3 is 6.18 Å². The molecule has 1 aliphatic rings. The van der Waals surface area contributed by atoms with Crippen LogP contribution in [0.5, 0.6) is 5.75 Å². The van der Waals surface area contributed by atoms with E-state index in [9.17, 15) is 18.0 Å². The van der Waals surface area contributed by atoms with E-state index >= 15 is 0 Å². The number of nitrogens with two attached hydrogens (primary N) is 1. The van der Waals surface area contributed by atoms with Gasteiger partial charge in [0.25, 0.3) is 5.91 Å². The summed E-state index contributed by atoms with van der Waals surface area (Å²) in [4.78, 5) is 20.4. The molecule has 0 spiro atoms. The summed E-state index contributed by atoms with van der Waals surface area (Å²) in [6.07, 6.45) is 1.64. The van der Waals surface area contributed by atoms with Gasteiger partial charge in [0.2, 0.25) is 5.13 Å². The number of nitrogens with zero attached hydrogens (tertiary/aromatic N) is 3. The summed E-state index contributed by atoms with van der Waals surface area (Å²) in [7, 11) is 2.99. The molecule has 0 radical (unpaired) electrons. The SMILES string of the molecule is C[NH+]=C/C(=C\N)c1cc(-c2cc(C(F)(F)F)ccc2OC)c(C(=O)Nc2nnc(C#CC3CC3)s2)cn1. The number of methoxy groups -OCH3 is 1. The molecule has 1 fully saturated rings. The second-order valence-corrected chi connectivity index (χ2v) is 8.97. The zero-order valence-electron chi connectivity index (χ0n) is 19.8. The number of carbonyl (C=O) groups excluding carboxylic acids is 1. The lowest BCUT2D eigenvalue weighted by atomic mass is 9.96. The summed E-state index contributed by atoms with van der Waals surface area (Å²) in [6, 6.07) is 4.52. The molecule has 1 aliphatic carbocycles. The van der Waals surface area contributed by atoms with Gasteiger partial charge in [-0.05, 0) is 43.0 Å². The number of nitrogens with one attached hydrogen (secondary N) is 2. The molecule has 0 atom stereocenters. The van der Waals surface area contributed by atoms with Crippen LogP contribution in [0.2, 0.25) is 0 Å². The molecule has 4 N–H and O–H groups in total. The molecule has 3 aromatic rings. The van der Waals surface area contributed by atoms with Gasteiger partial charge in [-0.3, -0.25) is 20.1 Å². The zero-order chi connectivity index (χ0) is 26.6. The van der Waals surface area contributed by atoms with E-state index in [1.54, 1.807) is 13.3 Å². The van der Waals surface area contributed by atoms with Crippen LogP contribution in [0.3, 0.4) is 0 Å². The molecule has 0 saturated heterocycles. The van der Waals surface area contributed by atoms with Crippen LogP contribution in [0.1, 0.15) is 39.5 Å². The number of hydrogen-bond acceptors (Lipinski definition) is 7. The van der Waals surface area contributed by atoms with Gasteiger partial charge in [-0.2, -0.15) is 13.2 Å². The summed E-state index contributed by atoms with van der Waals surface area (Å²) in [5, 5.41) is 11.2. The van der Waals surface area contributed by atoms with Gasteiger partial charge in [-0.25, -0.2) is 0 Å². The van der Waals surface area contributed by atoms with Gasteiger partial charge in [0, 0.05) is 29.4 Å². The second-order valence-electron chi connectivity index (χ2n) is 7.99. The van der Waals surface area contributed by atoms with E-state index in [2.05, 4.69) is 37.3 Å². The van der Waals surface area contributed by atoms with Gasteiger partial charge in [0.05, 0.1) is 29.5 Å². The standard InChI is InChI=1S/C25H21F3N6O2S/c1-30-12-15(11-29)20-10-17(18-9-16(25(26,27)28)6-7-21(18)36-2)19(13-31-20)23(35)32-24-34-33-22(37-24)8-5-14-3-4-14/h6-7,9-14H,3-4,29H2,1-2H3,(H,32,34,35)/p+1/b15-11+,30-12?. The first-order valence-electron chi connectivity index (χ1n) is 11.1. The van der Waals surface area contributed by atoms with Crippen molar-refractivity contribution in [2.45, 2.75) is 19.0 Å². The van der Waals surface area contributed by atoms with Crippen LogP contribution in [0.25, 0.3) is 16.7 Å². The number of allylic oxidation sites excluding steroid dienone is 1. The van der Waals surface area contributed by atoms with E-state index in [4.69, 9.17) is 10.5 Å². The van der Waals surface area contributed by atoms with Crippen molar-refractivity contribution in [3.63, 3.8) is 0 Å². The van der Waals surface area contributed by atoms with E-state index in [1.807, 2.05) is 0 Å². The van der Waals surface area contributed by atoms with Crippen molar-refractivity contribution in [1.82, 2.24) is 15.2 Å². The molecular weight excluding hydrogens is 505 g/mol. The fourth-order valence-electron chi connectivity index (χ4n) is 3.35. The van der Waals surface area contributed by atoms with E-state index in [0.717, 1.165) is 36.3 Å². The molecule has 2 aromatic heterocycles. The van der Waals surface area contributed by atoms with Crippen LogP contribution in [-0.4, -0.2) is 41.5 Å².